The lowest BCUT2D eigenvalue weighted by molar-refractivity contribution is 0.619. The van der Waals surface area contributed by atoms with Gasteiger partial charge in [0.25, 0.3) is 0 Å². The molecule has 0 bridgehead atoms. The van der Waals surface area contributed by atoms with Gasteiger partial charge in [-0.05, 0) is 47.6 Å². The van der Waals surface area contributed by atoms with Crippen molar-refractivity contribution in [2.45, 2.75) is 26.7 Å². The van der Waals surface area contributed by atoms with Gasteiger partial charge in [0.1, 0.15) is 5.82 Å². The maximum absolute atomic E-state index is 13.7. The van der Waals surface area contributed by atoms with Gasteiger partial charge in [-0.1, -0.05) is 50.8 Å². The molecule has 3 aromatic rings. The van der Waals surface area contributed by atoms with E-state index in [1.807, 2.05) is 24.3 Å². The molecule has 116 valence electrons. The number of pyridine rings is 1. The zero-order chi connectivity index (χ0) is 16.6. The Morgan fingerprint density at radius 1 is 1.09 bits per heavy atom. The molecule has 0 N–H and O–H groups in total. The van der Waals surface area contributed by atoms with Gasteiger partial charge >= 0.3 is 0 Å². The molecule has 0 atom stereocenters. The van der Waals surface area contributed by atoms with E-state index in [4.69, 9.17) is 4.98 Å². The quantitative estimate of drug-likeness (QED) is 0.568. The summed E-state index contributed by atoms with van der Waals surface area (Å²) in [5.41, 5.74) is 4.65. The summed E-state index contributed by atoms with van der Waals surface area (Å²) >= 11 is 0. The fourth-order valence-corrected chi connectivity index (χ4v) is 2.99. The fourth-order valence-electron chi connectivity index (χ4n) is 2.99. The minimum atomic E-state index is -0.181. The molecule has 0 saturated heterocycles. The zero-order valence-electron chi connectivity index (χ0n) is 13.7. The van der Waals surface area contributed by atoms with Crippen LogP contribution in [0.5, 0.6) is 0 Å². The third-order valence-corrected chi connectivity index (χ3v) is 4.16. The van der Waals surface area contributed by atoms with Crippen LogP contribution in [0.4, 0.5) is 4.39 Å². The Kier molecular flexibility index (Phi) is 3.99. The van der Waals surface area contributed by atoms with Crippen molar-refractivity contribution in [3.05, 3.63) is 71.8 Å². The lowest BCUT2D eigenvalue weighted by Gasteiger charge is -2.17. The number of hydrogen-bond donors (Lipinski definition) is 0. The summed E-state index contributed by atoms with van der Waals surface area (Å²) in [7, 11) is 0. The number of halogens is 1. The Morgan fingerprint density at radius 2 is 1.78 bits per heavy atom. The topological polar surface area (TPSA) is 12.9 Å². The Labute approximate surface area is 136 Å². The van der Waals surface area contributed by atoms with Gasteiger partial charge in [0, 0.05) is 10.9 Å². The zero-order valence-corrected chi connectivity index (χ0v) is 13.7. The lowest BCUT2D eigenvalue weighted by atomic mass is 9.91. The van der Waals surface area contributed by atoms with E-state index >= 15 is 0 Å². The summed E-state index contributed by atoms with van der Waals surface area (Å²) in [6.45, 7) is 9.95. The summed E-state index contributed by atoms with van der Waals surface area (Å²) in [5, 5.41) is 2.20. The van der Waals surface area contributed by atoms with E-state index in [1.54, 1.807) is 13.0 Å². The first-order valence-corrected chi connectivity index (χ1v) is 7.84. The average molecular weight is 305 g/mol. The van der Waals surface area contributed by atoms with Gasteiger partial charge in [0.05, 0.1) is 11.4 Å². The van der Waals surface area contributed by atoms with Crippen LogP contribution in [-0.4, -0.2) is 4.98 Å². The second kappa shape index (κ2) is 5.96. The van der Waals surface area contributed by atoms with Crippen LogP contribution < -0.4 is 0 Å². The summed E-state index contributed by atoms with van der Waals surface area (Å²) in [5.74, 6) is 0.0819. The van der Waals surface area contributed by atoms with E-state index in [1.165, 1.54) is 6.07 Å². The minimum absolute atomic E-state index is 0.181. The highest BCUT2D eigenvalue weighted by molar-refractivity contribution is 6.01. The van der Waals surface area contributed by atoms with Crippen molar-refractivity contribution >= 4 is 16.8 Å². The highest BCUT2D eigenvalue weighted by Crippen LogP contribution is 2.36. The van der Waals surface area contributed by atoms with Crippen molar-refractivity contribution in [2.24, 2.45) is 0 Å². The maximum atomic E-state index is 13.7. The third-order valence-electron chi connectivity index (χ3n) is 4.16. The molecule has 1 aromatic heterocycles. The number of nitrogens with zero attached hydrogens (tertiary/aromatic N) is 1. The van der Waals surface area contributed by atoms with Crippen LogP contribution in [-0.2, 0) is 0 Å². The first-order chi connectivity index (χ1) is 11.0. The largest absolute Gasteiger partial charge is 0.252 e. The molecule has 0 radical (unpaired) electrons. The normalized spacial score (nSPS) is 11.2. The molecule has 0 amide bonds. The van der Waals surface area contributed by atoms with Crippen LogP contribution in [0.15, 0.2) is 49.0 Å². The molecular weight excluding hydrogens is 285 g/mol. The predicted octanol–water partition coefficient (Wildman–Crippen LogP) is 6.12. The second-order valence-electron chi connectivity index (χ2n) is 6.13. The van der Waals surface area contributed by atoms with E-state index in [-0.39, 0.29) is 11.7 Å². The monoisotopic (exact) mass is 305 g/mol. The van der Waals surface area contributed by atoms with Crippen LogP contribution in [0.1, 0.15) is 36.7 Å². The van der Waals surface area contributed by atoms with Crippen molar-refractivity contribution in [3.8, 4) is 11.1 Å². The summed E-state index contributed by atoms with van der Waals surface area (Å²) < 4.78 is 13.7. The van der Waals surface area contributed by atoms with E-state index in [0.717, 1.165) is 33.3 Å². The predicted molar refractivity (Wildman–Crippen MR) is 96.1 cm³/mol. The van der Waals surface area contributed by atoms with Crippen molar-refractivity contribution < 1.29 is 4.39 Å². The molecule has 0 aliphatic heterocycles. The summed E-state index contributed by atoms with van der Waals surface area (Å²) in [6, 6.07) is 13.5. The maximum Gasteiger partial charge on any atom is 0.126 e. The van der Waals surface area contributed by atoms with Gasteiger partial charge < -0.3 is 0 Å². The van der Waals surface area contributed by atoms with Crippen LogP contribution in [0.3, 0.4) is 0 Å². The second-order valence-corrected chi connectivity index (χ2v) is 6.13. The smallest absolute Gasteiger partial charge is 0.126 e. The number of benzene rings is 2. The molecular formula is C21H20FN. The van der Waals surface area contributed by atoms with Crippen LogP contribution in [0.2, 0.25) is 0 Å². The van der Waals surface area contributed by atoms with E-state index < -0.39 is 0 Å². The number of fused-ring (bicyclic) bond motifs is 1. The van der Waals surface area contributed by atoms with Crippen LogP contribution in [0.25, 0.3) is 28.0 Å². The Morgan fingerprint density at radius 3 is 2.39 bits per heavy atom. The molecule has 0 spiro atoms. The third kappa shape index (κ3) is 2.65. The molecule has 2 aromatic carbocycles. The molecule has 0 saturated carbocycles. The van der Waals surface area contributed by atoms with Crippen LogP contribution >= 0.6 is 0 Å². The number of aryl methyl sites for hydroxylation is 1. The number of rotatable bonds is 3. The molecule has 1 heterocycles. The first-order valence-electron chi connectivity index (χ1n) is 7.84. The van der Waals surface area contributed by atoms with Gasteiger partial charge in [-0.3, -0.25) is 4.98 Å². The first kappa shape index (κ1) is 15.4. The molecule has 0 aliphatic carbocycles. The standard InChI is InChI=1S/C21H20FN/c1-5-19-16-8-6-7-9-17(16)20(21(23-19)13(2)3)15-10-11-18(22)14(4)12-15/h5-13H,1H2,2-4H3. The highest BCUT2D eigenvalue weighted by atomic mass is 19.1. The van der Waals surface area contributed by atoms with Gasteiger partial charge in [-0.2, -0.15) is 0 Å². The Balaban J connectivity index is 2.44. The molecule has 0 fully saturated rings. The van der Waals surface area contributed by atoms with Gasteiger partial charge in [0.15, 0.2) is 0 Å². The van der Waals surface area contributed by atoms with Crippen molar-refractivity contribution in [1.82, 2.24) is 4.98 Å². The Hall–Kier alpha value is -2.48. The van der Waals surface area contributed by atoms with Gasteiger partial charge in [-0.25, -0.2) is 4.39 Å². The number of aromatic nitrogens is 1. The summed E-state index contributed by atoms with van der Waals surface area (Å²) in [4.78, 5) is 4.84. The molecule has 23 heavy (non-hydrogen) atoms. The van der Waals surface area contributed by atoms with Crippen molar-refractivity contribution in [2.75, 3.05) is 0 Å². The number of hydrogen-bond acceptors (Lipinski definition) is 1. The van der Waals surface area contributed by atoms with Gasteiger partial charge in [-0.15, -0.1) is 0 Å². The van der Waals surface area contributed by atoms with E-state index in [0.29, 0.717) is 5.56 Å². The molecule has 0 aliphatic rings. The van der Waals surface area contributed by atoms with Gasteiger partial charge in [0.2, 0.25) is 0 Å². The SMILES string of the molecule is C=Cc1nc(C(C)C)c(-c2ccc(F)c(C)c2)c2ccccc12. The molecule has 3 rings (SSSR count). The van der Waals surface area contributed by atoms with Crippen molar-refractivity contribution in [1.29, 1.82) is 0 Å². The molecule has 0 unspecified atom stereocenters. The lowest BCUT2D eigenvalue weighted by Crippen LogP contribution is -2.01. The van der Waals surface area contributed by atoms with E-state index in [2.05, 4.69) is 32.6 Å². The average Bonchev–Trinajstić information content (AvgIpc) is 2.55. The summed E-state index contributed by atoms with van der Waals surface area (Å²) in [6.07, 6.45) is 1.80. The van der Waals surface area contributed by atoms with Crippen LogP contribution in [0, 0.1) is 12.7 Å². The van der Waals surface area contributed by atoms with Crippen molar-refractivity contribution in [3.63, 3.8) is 0 Å². The fraction of sp³-hybridized carbons (Fsp3) is 0.190. The Bertz CT molecular complexity index is 894. The minimum Gasteiger partial charge on any atom is -0.252 e. The molecule has 1 nitrogen and oxygen atoms in total. The van der Waals surface area contributed by atoms with E-state index in [9.17, 15) is 4.39 Å². The highest BCUT2D eigenvalue weighted by Gasteiger charge is 2.17. The molecule has 2 heteroatoms.